The van der Waals surface area contributed by atoms with E-state index in [2.05, 4.69) is 46.0 Å². The van der Waals surface area contributed by atoms with Crippen LogP contribution in [0.4, 0.5) is 11.5 Å². The summed E-state index contributed by atoms with van der Waals surface area (Å²) in [7, 11) is 3.20. The molecule has 2 saturated heterocycles. The number of carbonyl (C=O) groups excluding carboxylic acids is 1. The summed E-state index contributed by atoms with van der Waals surface area (Å²) in [5.74, 6) is 3.87. The summed E-state index contributed by atoms with van der Waals surface area (Å²) in [6.45, 7) is 8.09. The molecular formula is C31H38N4O5S. The molecule has 0 radical (unpaired) electrons. The molecule has 10 heteroatoms. The molecule has 218 valence electrons. The van der Waals surface area contributed by atoms with Gasteiger partial charge in [-0.1, -0.05) is 24.2 Å². The number of benzene rings is 2. The maximum absolute atomic E-state index is 13.4. The van der Waals surface area contributed by atoms with Gasteiger partial charge in [-0.15, -0.1) is 0 Å². The van der Waals surface area contributed by atoms with Gasteiger partial charge in [0.1, 0.15) is 16.4 Å². The molecule has 0 bridgehead atoms. The molecule has 3 fully saturated rings. The molecular weight excluding hydrogens is 540 g/mol. The van der Waals surface area contributed by atoms with E-state index in [-0.39, 0.29) is 11.9 Å². The van der Waals surface area contributed by atoms with Crippen LogP contribution in [0.1, 0.15) is 42.6 Å². The Bertz CT molecular complexity index is 1380. The molecule has 41 heavy (non-hydrogen) atoms. The van der Waals surface area contributed by atoms with E-state index >= 15 is 0 Å². The lowest BCUT2D eigenvalue weighted by molar-refractivity contribution is 0.00356. The van der Waals surface area contributed by atoms with Crippen molar-refractivity contribution >= 4 is 29.4 Å². The largest absolute Gasteiger partial charge is 0.495 e. The van der Waals surface area contributed by atoms with Crippen molar-refractivity contribution in [2.75, 3.05) is 56.7 Å². The lowest BCUT2D eigenvalue weighted by Crippen LogP contribution is -2.47. The monoisotopic (exact) mass is 578 g/mol. The van der Waals surface area contributed by atoms with Crippen molar-refractivity contribution in [2.24, 2.45) is 11.8 Å². The lowest BCUT2D eigenvalue weighted by atomic mass is 10.0. The van der Waals surface area contributed by atoms with Crippen LogP contribution in [-0.4, -0.2) is 69.1 Å². The van der Waals surface area contributed by atoms with Gasteiger partial charge in [0.2, 0.25) is 0 Å². The molecule has 3 aliphatic rings. The van der Waals surface area contributed by atoms with Gasteiger partial charge in [0.15, 0.2) is 11.6 Å². The topological polar surface area (TPSA) is 89.3 Å². The number of nitrogens with one attached hydrogen (secondary N) is 1. The number of hydrogen-bond donors (Lipinski definition) is 1. The van der Waals surface area contributed by atoms with Crippen molar-refractivity contribution in [2.45, 2.75) is 44.0 Å². The average molecular weight is 579 g/mol. The van der Waals surface area contributed by atoms with Gasteiger partial charge in [0.05, 0.1) is 33.5 Å². The van der Waals surface area contributed by atoms with Gasteiger partial charge in [-0.3, -0.25) is 4.79 Å². The number of morpholine rings is 1. The van der Waals surface area contributed by atoms with Crippen molar-refractivity contribution in [3.8, 4) is 22.8 Å². The van der Waals surface area contributed by atoms with Gasteiger partial charge in [-0.2, -0.15) is 0 Å². The van der Waals surface area contributed by atoms with Gasteiger partial charge in [-0.05, 0) is 74.2 Å². The van der Waals surface area contributed by atoms with Crippen molar-refractivity contribution < 1.29 is 23.5 Å². The van der Waals surface area contributed by atoms with E-state index < -0.39 is 0 Å². The summed E-state index contributed by atoms with van der Waals surface area (Å²) in [5, 5.41) is 4.47. The Labute approximate surface area is 245 Å². The molecule has 1 amide bonds. The Morgan fingerprint density at radius 2 is 1.88 bits per heavy atom. The number of carbonyl (C=O) groups is 1. The normalized spacial score (nSPS) is 21.8. The second kappa shape index (κ2) is 11.9. The predicted octanol–water partition coefficient (Wildman–Crippen LogP) is 5.75. The molecule has 2 aliphatic heterocycles. The van der Waals surface area contributed by atoms with Crippen LogP contribution in [0.5, 0.6) is 11.5 Å². The fourth-order valence-electron chi connectivity index (χ4n) is 5.57. The Balaban J connectivity index is 1.27. The summed E-state index contributed by atoms with van der Waals surface area (Å²) in [5.41, 5.74) is 3.86. The Morgan fingerprint density at radius 1 is 1.12 bits per heavy atom. The molecule has 3 atom stereocenters. The number of rotatable bonds is 10. The number of aromatic nitrogens is 1. The molecule has 2 aromatic carbocycles. The van der Waals surface area contributed by atoms with Crippen LogP contribution in [0.25, 0.3) is 11.3 Å². The maximum Gasteiger partial charge on any atom is 0.254 e. The summed E-state index contributed by atoms with van der Waals surface area (Å²) in [4.78, 5) is 18.3. The highest BCUT2D eigenvalue weighted by atomic mass is 32.2. The van der Waals surface area contributed by atoms with Crippen LogP contribution < -0.4 is 19.1 Å². The molecule has 0 spiro atoms. The number of amides is 1. The lowest BCUT2D eigenvalue weighted by Gasteiger charge is -2.33. The second-order valence-corrected chi connectivity index (χ2v) is 12.1. The molecule has 1 aromatic heterocycles. The van der Waals surface area contributed by atoms with Crippen molar-refractivity contribution in [1.82, 2.24) is 10.1 Å². The van der Waals surface area contributed by atoms with Crippen LogP contribution in [0.2, 0.25) is 0 Å². The standard InChI is InChI=1S/C31H38N4O5S/c1-19-13-22(19)15-25-28(21-7-5-8-24(14-21)34-9-6-10-34)40-32-30(25)33-41-29-26(37-3)16-23(17-27(29)38-4)31(36)35-11-12-39-18-20(35)2/h5,7-8,14,16-17,19-20,22H,6,9-13,15,18H2,1-4H3,(H,32,33). The van der Waals surface area contributed by atoms with Crippen LogP contribution >= 0.6 is 11.9 Å². The quantitative estimate of drug-likeness (QED) is 0.302. The molecule has 6 rings (SSSR count). The average Bonchev–Trinajstić information content (AvgIpc) is 3.51. The van der Waals surface area contributed by atoms with Gasteiger partial charge >= 0.3 is 0 Å². The zero-order valence-electron chi connectivity index (χ0n) is 24.1. The minimum absolute atomic E-state index is 0.00419. The van der Waals surface area contributed by atoms with Crippen molar-refractivity contribution in [1.29, 1.82) is 0 Å². The first kappa shape index (κ1) is 27.8. The third-order valence-electron chi connectivity index (χ3n) is 8.45. The van der Waals surface area contributed by atoms with Crippen LogP contribution in [0.3, 0.4) is 0 Å². The predicted molar refractivity (Wildman–Crippen MR) is 160 cm³/mol. The number of methoxy groups -OCH3 is 2. The number of anilines is 2. The first-order valence-corrected chi connectivity index (χ1v) is 15.2. The van der Waals surface area contributed by atoms with Crippen LogP contribution in [0, 0.1) is 11.8 Å². The fourth-order valence-corrected chi connectivity index (χ4v) is 6.41. The molecule has 1 saturated carbocycles. The number of nitrogens with zero attached hydrogens (tertiary/aromatic N) is 3. The van der Waals surface area contributed by atoms with E-state index in [9.17, 15) is 4.79 Å². The summed E-state index contributed by atoms with van der Waals surface area (Å²) in [6.07, 6.45) is 3.34. The summed E-state index contributed by atoms with van der Waals surface area (Å²) in [6, 6.07) is 12.1. The third-order valence-corrected chi connectivity index (χ3v) is 9.35. The highest BCUT2D eigenvalue weighted by Crippen LogP contribution is 2.46. The minimum Gasteiger partial charge on any atom is -0.495 e. The van der Waals surface area contributed by atoms with E-state index in [0.29, 0.717) is 54.5 Å². The van der Waals surface area contributed by atoms with E-state index in [1.807, 2.05) is 11.8 Å². The first-order chi connectivity index (χ1) is 20.0. The Morgan fingerprint density at radius 3 is 2.51 bits per heavy atom. The van der Waals surface area contributed by atoms with Crippen LogP contribution in [0.15, 0.2) is 45.8 Å². The zero-order valence-corrected chi connectivity index (χ0v) is 25.0. The smallest absolute Gasteiger partial charge is 0.254 e. The van der Waals surface area contributed by atoms with Crippen LogP contribution in [-0.2, 0) is 11.2 Å². The summed E-state index contributed by atoms with van der Waals surface area (Å²) >= 11 is 1.35. The van der Waals surface area contributed by atoms with Gasteiger partial charge in [0.25, 0.3) is 5.91 Å². The molecule has 9 nitrogen and oxygen atoms in total. The highest BCUT2D eigenvalue weighted by molar-refractivity contribution is 8.00. The Kier molecular flexibility index (Phi) is 8.03. The molecule has 3 aromatic rings. The highest BCUT2D eigenvalue weighted by Gasteiger charge is 2.35. The first-order valence-electron chi connectivity index (χ1n) is 14.4. The van der Waals surface area contributed by atoms with E-state index in [1.165, 1.54) is 30.5 Å². The number of ether oxygens (including phenoxy) is 3. The van der Waals surface area contributed by atoms with E-state index in [4.69, 9.17) is 18.7 Å². The molecule has 1 N–H and O–H groups in total. The van der Waals surface area contributed by atoms with E-state index in [1.54, 1.807) is 26.4 Å². The fraction of sp³-hybridized carbons (Fsp3) is 0.484. The molecule has 3 heterocycles. The van der Waals surface area contributed by atoms with Gasteiger partial charge in [-0.25, -0.2) is 0 Å². The SMILES string of the molecule is COc1cc(C(=O)N2CCOCC2C)cc(OC)c1SNc1noc(-c2cccc(N3CCC3)c2)c1CC1CC1C. The number of hydrogen-bond acceptors (Lipinski definition) is 9. The van der Waals surface area contributed by atoms with Gasteiger partial charge < -0.3 is 33.3 Å². The second-order valence-electron chi connectivity index (χ2n) is 11.2. The van der Waals surface area contributed by atoms with Crippen molar-refractivity contribution in [3.05, 3.63) is 47.5 Å². The maximum atomic E-state index is 13.4. The third kappa shape index (κ3) is 5.72. The van der Waals surface area contributed by atoms with Gasteiger partial charge in [0, 0.05) is 42.0 Å². The molecule has 3 unspecified atom stereocenters. The van der Waals surface area contributed by atoms with Crippen molar-refractivity contribution in [3.63, 3.8) is 0 Å². The minimum atomic E-state index is -0.0654. The Hall–Kier alpha value is -3.37. The zero-order chi connectivity index (χ0) is 28.5. The van der Waals surface area contributed by atoms with E-state index in [0.717, 1.165) is 41.3 Å². The summed E-state index contributed by atoms with van der Waals surface area (Å²) < 4.78 is 26.4. The molecule has 1 aliphatic carbocycles.